The molecule has 0 aromatic heterocycles. The number of phenolic OH excluding ortho intramolecular Hbond substituents is 1. The summed E-state index contributed by atoms with van der Waals surface area (Å²) >= 11 is 0. The first kappa shape index (κ1) is 31.2. The highest BCUT2D eigenvalue weighted by atomic mass is 16.5. The summed E-state index contributed by atoms with van der Waals surface area (Å²) in [6.45, 7) is 2.82. The molecule has 2 saturated heterocycles. The van der Waals surface area contributed by atoms with Gasteiger partial charge in [0.25, 0.3) is 0 Å². The van der Waals surface area contributed by atoms with Gasteiger partial charge in [0.1, 0.15) is 5.75 Å². The number of allylic oxidation sites excluding steroid dienone is 2. The number of nitrogens with two attached hydrogens (primary N) is 1. The minimum Gasteiger partial charge on any atom is -0.508 e. The summed E-state index contributed by atoms with van der Waals surface area (Å²) in [7, 11) is 0. The molecule has 254 valence electrons. The summed E-state index contributed by atoms with van der Waals surface area (Å²) < 4.78 is 8.09. The maximum Gasteiger partial charge on any atom is 0.115 e. The van der Waals surface area contributed by atoms with Crippen molar-refractivity contribution in [3.8, 4) is 17.6 Å². The average Bonchev–Trinajstić information content (AvgIpc) is 3.50. The summed E-state index contributed by atoms with van der Waals surface area (Å²) in [6.07, 6.45) is 22.4. The highest BCUT2D eigenvalue weighted by Gasteiger charge is 2.76. The number of rotatable bonds is 4. The number of fused-ring (bicyclic) bond motifs is 9. The van der Waals surface area contributed by atoms with Crippen LogP contribution in [0.4, 0.5) is 0 Å². The van der Waals surface area contributed by atoms with E-state index >= 15 is 0 Å². The Kier molecular flexibility index (Phi) is 7.35. The minimum atomic E-state index is -0.618. The zero-order valence-electron chi connectivity index (χ0n) is 28.5. The maximum atomic E-state index is 11.1. The normalized spacial score (nSPS) is 48.7. The number of aliphatic hydroxyl groups excluding tert-OH is 2. The van der Waals surface area contributed by atoms with E-state index in [1.165, 1.54) is 62.5 Å². The molecular weight excluding hydrogens is 582 g/mol. The molecule has 0 amide bonds. The molecule has 2 spiro atoms. The summed E-state index contributed by atoms with van der Waals surface area (Å²) in [4.78, 5) is 0. The SMILES string of the molecule is CC1(C2CCCC(CCO)C2)OC23CC4CCC(CO)C(N)(C41)C2C#CC1C=CC(c2ccc(O)cc21)C1CC3CC2(CCCC2)C1. The fraction of sp³-hybridized carbons (Fsp3) is 0.762. The van der Waals surface area contributed by atoms with Gasteiger partial charge in [-0.2, -0.15) is 0 Å². The number of hydrogen-bond acceptors (Lipinski definition) is 5. The Morgan fingerprint density at radius 1 is 0.894 bits per heavy atom. The molecule has 1 aromatic carbocycles. The van der Waals surface area contributed by atoms with Crippen LogP contribution in [0.1, 0.15) is 126 Å². The molecule has 9 aliphatic rings. The molecule has 2 aliphatic heterocycles. The van der Waals surface area contributed by atoms with Gasteiger partial charge in [-0.05, 0) is 136 Å². The Morgan fingerprint density at radius 2 is 1.74 bits per heavy atom. The monoisotopic (exact) mass is 639 g/mol. The molecule has 13 atom stereocenters. The van der Waals surface area contributed by atoms with Crippen LogP contribution in [0.3, 0.4) is 0 Å². The van der Waals surface area contributed by atoms with Crippen LogP contribution in [0.2, 0.25) is 0 Å². The predicted molar refractivity (Wildman–Crippen MR) is 183 cm³/mol. The van der Waals surface area contributed by atoms with Crippen molar-refractivity contribution in [2.24, 2.45) is 58.5 Å². The quantitative estimate of drug-likeness (QED) is 0.207. The number of hydrogen-bond donors (Lipinski definition) is 4. The minimum absolute atomic E-state index is 0.0101. The van der Waals surface area contributed by atoms with Gasteiger partial charge in [-0.25, -0.2) is 0 Å². The molecule has 5 heteroatoms. The zero-order valence-corrected chi connectivity index (χ0v) is 28.5. The molecule has 5 saturated carbocycles. The smallest absolute Gasteiger partial charge is 0.115 e. The number of benzene rings is 1. The molecule has 0 radical (unpaired) electrons. The van der Waals surface area contributed by atoms with E-state index in [1.807, 2.05) is 12.1 Å². The van der Waals surface area contributed by atoms with E-state index in [0.717, 1.165) is 44.9 Å². The lowest BCUT2D eigenvalue weighted by Gasteiger charge is -2.75. The number of aliphatic hydroxyl groups is 2. The molecule has 1 aromatic rings. The van der Waals surface area contributed by atoms with Crippen molar-refractivity contribution in [1.29, 1.82) is 0 Å². The summed E-state index contributed by atoms with van der Waals surface area (Å²) in [6, 6.07) is 6.04. The van der Waals surface area contributed by atoms with Gasteiger partial charge in [-0.3, -0.25) is 0 Å². The lowest BCUT2D eigenvalue weighted by atomic mass is 9.38. The van der Waals surface area contributed by atoms with Crippen LogP contribution in [-0.2, 0) is 4.74 Å². The van der Waals surface area contributed by atoms with Crippen molar-refractivity contribution in [3.63, 3.8) is 0 Å². The summed E-state index contributed by atoms with van der Waals surface area (Å²) in [5.74, 6) is 10.7. The van der Waals surface area contributed by atoms with Crippen molar-refractivity contribution in [3.05, 3.63) is 41.5 Å². The first-order chi connectivity index (χ1) is 22.7. The van der Waals surface area contributed by atoms with Gasteiger partial charge in [0.05, 0.1) is 23.0 Å². The predicted octanol–water partition coefficient (Wildman–Crippen LogP) is 7.19. The zero-order chi connectivity index (χ0) is 32.2. The van der Waals surface area contributed by atoms with E-state index < -0.39 is 11.1 Å². The molecule has 5 N–H and O–H groups in total. The Hall–Kier alpha value is -1.84. The third-order valence-corrected chi connectivity index (χ3v) is 16.0. The van der Waals surface area contributed by atoms with Crippen molar-refractivity contribution in [2.75, 3.05) is 13.2 Å². The Balaban J connectivity index is 1.25. The van der Waals surface area contributed by atoms with Crippen LogP contribution in [0.5, 0.6) is 5.75 Å². The van der Waals surface area contributed by atoms with E-state index in [4.69, 9.17) is 10.5 Å². The highest BCUT2D eigenvalue weighted by molar-refractivity contribution is 5.50. The van der Waals surface area contributed by atoms with Gasteiger partial charge < -0.3 is 25.8 Å². The molecule has 2 heterocycles. The topological polar surface area (TPSA) is 95.9 Å². The second-order valence-electron chi connectivity index (χ2n) is 18.1. The van der Waals surface area contributed by atoms with Crippen molar-refractivity contribution >= 4 is 0 Å². The van der Waals surface area contributed by atoms with Gasteiger partial charge >= 0.3 is 0 Å². The van der Waals surface area contributed by atoms with E-state index in [-0.39, 0.29) is 42.5 Å². The third kappa shape index (κ3) is 4.43. The van der Waals surface area contributed by atoms with Crippen LogP contribution in [-0.4, -0.2) is 45.3 Å². The Bertz CT molecular complexity index is 1480. The number of phenols is 1. The summed E-state index contributed by atoms with van der Waals surface area (Å²) in [5.41, 5.74) is 9.56. The second-order valence-corrected chi connectivity index (χ2v) is 18.1. The first-order valence-electron chi connectivity index (χ1n) is 19.5. The second kappa shape index (κ2) is 11.1. The van der Waals surface area contributed by atoms with Crippen molar-refractivity contribution in [2.45, 2.75) is 132 Å². The van der Waals surface area contributed by atoms with E-state index in [2.05, 4.69) is 37.0 Å². The van der Waals surface area contributed by atoms with E-state index in [1.54, 1.807) is 0 Å². The van der Waals surface area contributed by atoms with Crippen molar-refractivity contribution < 1.29 is 20.1 Å². The summed E-state index contributed by atoms with van der Waals surface area (Å²) in [5, 5.41) is 31.7. The Morgan fingerprint density at radius 3 is 2.55 bits per heavy atom. The fourth-order valence-corrected chi connectivity index (χ4v) is 14.4. The largest absolute Gasteiger partial charge is 0.508 e. The molecule has 13 unspecified atom stereocenters. The van der Waals surface area contributed by atoms with Gasteiger partial charge in [-0.15, -0.1) is 0 Å². The van der Waals surface area contributed by atoms with Crippen LogP contribution < -0.4 is 5.73 Å². The molecular formula is C42H57NO4. The number of aromatic hydroxyl groups is 1. The Labute approximate surface area is 282 Å². The molecule has 7 fully saturated rings. The van der Waals surface area contributed by atoms with E-state index in [9.17, 15) is 15.3 Å². The third-order valence-electron chi connectivity index (χ3n) is 16.0. The van der Waals surface area contributed by atoms with Gasteiger partial charge in [-0.1, -0.05) is 55.7 Å². The van der Waals surface area contributed by atoms with Gasteiger partial charge in [0.2, 0.25) is 0 Å². The molecule has 5 nitrogen and oxygen atoms in total. The molecule has 47 heavy (non-hydrogen) atoms. The van der Waals surface area contributed by atoms with Gasteiger partial charge in [0.15, 0.2) is 0 Å². The van der Waals surface area contributed by atoms with Crippen LogP contribution >= 0.6 is 0 Å². The van der Waals surface area contributed by atoms with Crippen LogP contribution in [0, 0.1) is 64.6 Å². The average molecular weight is 640 g/mol. The first-order valence-corrected chi connectivity index (χ1v) is 19.5. The van der Waals surface area contributed by atoms with Crippen LogP contribution in [0.15, 0.2) is 30.4 Å². The van der Waals surface area contributed by atoms with E-state index in [0.29, 0.717) is 46.7 Å². The molecule has 8 bridgehead atoms. The van der Waals surface area contributed by atoms with Crippen LogP contribution in [0.25, 0.3) is 0 Å². The standard InChI is InChI=1S/C42H57NO4/c1-39(30-6-4-5-26(19-30)15-18-44)38-28-7-10-31(25-45)42(38,43)37-14-9-27-8-12-34(35-13-11-33(46)21-36(27)35)29-20-32(41(37,23-28)47-39)24-40(22-29)16-2-3-17-40/h8,11-13,21,26-32,34,37-38,44-46H,2-7,10,15-20,22-25,43H2,1H3. The molecule has 7 aliphatic carbocycles. The lowest BCUT2D eigenvalue weighted by Crippen LogP contribution is -2.84. The molecule has 10 rings (SSSR count). The highest BCUT2D eigenvalue weighted by Crippen LogP contribution is 2.72. The lowest BCUT2D eigenvalue weighted by molar-refractivity contribution is -0.362. The fourth-order valence-electron chi connectivity index (χ4n) is 14.4. The van der Waals surface area contributed by atoms with Gasteiger partial charge in [0, 0.05) is 36.5 Å². The van der Waals surface area contributed by atoms with Crippen molar-refractivity contribution in [1.82, 2.24) is 0 Å². The maximum absolute atomic E-state index is 11.1. The number of ether oxygens (including phenoxy) is 1.